The summed E-state index contributed by atoms with van der Waals surface area (Å²) in [6.07, 6.45) is 0. The van der Waals surface area contributed by atoms with E-state index in [1.807, 2.05) is 0 Å². The molecule has 0 unspecified atom stereocenters. The standard InChI is InChI=1S/C7H5NO3/c9-7(8(10)11)6-4-2-1-3-5-6/h1-5H. The highest BCUT2D eigenvalue weighted by molar-refractivity contribution is 5.87. The van der Waals surface area contributed by atoms with Gasteiger partial charge in [-0.25, -0.2) is 4.79 Å². The summed E-state index contributed by atoms with van der Waals surface area (Å²) >= 11 is 0. The summed E-state index contributed by atoms with van der Waals surface area (Å²) in [6, 6.07) is 7.67. The van der Waals surface area contributed by atoms with E-state index in [0.717, 1.165) is 0 Å². The zero-order valence-electron chi connectivity index (χ0n) is 5.56. The highest BCUT2D eigenvalue weighted by Gasteiger charge is 2.16. The number of carbonyl (C=O) groups is 1. The van der Waals surface area contributed by atoms with Crippen molar-refractivity contribution in [3.8, 4) is 0 Å². The van der Waals surface area contributed by atoms with Crippen LogP contribution in [0.2, 0.25) is 0 Å². The Kier molecular flexibility index (Phi) is 1.96. The van der Waals surface area contributed by atoms with Crippen LogP contribution >= 0.6 is 0 Å². The smallest absolute Gasteiger partial charge is 0.255 e. The van der Waals surface area contributed by atoms with Gasteiger partial charge in [-0.15, -0.1) is 0 Å². The molecule has 0 radical (unpaired) electrons. The molecule has 4 heteroatoms. The Morgan fingerprint density at radius 3 is 2.27 bits per heavy atom. The molecule has 0 atom stereocenters. The number of nitro groups is 1. The molecule has 0 heterocycles. The van der Waals surface area contributed by atoms with Crippen LogP contribution in [0.3, 0.4) is 0 Å². The van der Waals surface area contributed by atoms with Gasteiger partial charge in [0.15, 0.2) is 0 Å². The van der Waals surface area contributed by atoms with Crippen molar-refractivity contribution in [2.45, 2.75) is 0 Å². The molecular formula is C7H5NO3. The van der Waals surface area contributed by atoms with Crippen LogP contribution in [0.5, 0.6) is 0 Å². The Hall–Kier alpha value is -1.71. The fourth-order valence-corrected chi connectivity index (χ4v) is 0.686. The van der Waals surface area contributed by atoms with E-state index in [4.69, 9.17) is 0 Å². The second-order valence-electron chi connectivity index (χ2n) is 1.93. The van der Waals surface area contributed by atoms with Crippen LogP contribution in [0.1, 0.15) is 10.4 Å². The lowest BCUT2D eigenvalue weighted by Crippen LogP contribution is -2.10. The first kappa shape index (κ1) is 7.40. The topological polar surface area (TPSA) is 60.2 Å². The second-order valence-corrected chi connectivity index (χ2v) is 1.93. The number of benzene rings is 1. The van der Waals surface area contributed by atoms with Crippen molar-refractivity contribution in [1.29, 1.82) is 0 Å². The summed E-state index contributed by atoms with van der Waals surface area (Å²) in [5.41, 5.74) is 0.109. The molecular weight excluding hydrogens is 146 g/mol. The number of hydrogen-bond acceptors (Lipinski definition) is 3. The summed E-state index contributed by atoms with van der Waals surface area (Å²) in [5, 5.41) is 9.96. The molecule has 1 rings (SSSR count). The van der Waals surface area contributed by atoms with Gasteiger partial charge in [0.05, 0.1) is 5.56 Å². The van der Waals surface area contributed by atoms with Crippen molar-refractivity contribution in [1.82, 2.24) is 0 Å². The van der Waals surface area contributed by atoms with E-state index in [1.165, 1.54) is 12.1 Å². The third-order valence-corrected chi connectivity index (χ3v) is 1.19. The van der Waals surface area contributed by atoms with Gasteiger partial charge in [-0.3, -0.25) is 10.1 Å². The summed E-state index contributed by atoms with van der Waals surface area (Å²) in [5.74, 6) is -1.06. The van der Waals surface area contributed by atoms with Crippen LogP contribution in [0.15, 0.2) is 30.3 Å². The molecule has 56 valence electrons. The molecule has 0 saturated heterocycles. The lowest BCUT2D eigenvalue weighted by Gasteiger charge is -1.88. The van der Waals surface area contributed by atoms with Crippen LogP contribution in [0, 0.1) is 10.1 Å². The third kappa shape index (κ3) is 1.61. The Morgan fingerprint density at radius 1 is 1.27 bits per heavy atom. The van der Waals surface area contributed by atoms with Gasteiger partial charge < -0.3 is 0 Å². The molecule has 0 aliphatic carbocycles. The highest BCUT2D eigenvalue weighted by Crippen LogP contribution is 1.99. The largest absolute Gasteiger partial charge is 0.476 e. The van der Waals surface area contributed by atoms with Crippen LogP contribution in [-0.4, -0.2) is 10.8 Å². The van der Waals surface area contributed by atoms with Crippen molar-refractivity contribution >= 4 is 5.91 Å². The minimum absolute atomic E-state index is 0.109. The molecule has 0 N–H and O–H groups in total. The number of amides is 1. The summed E-state index contributed by atoms with van der Waals surface area (Å²) < 4.78 is 0. The van der Waals surface area contributed by atoms with E-state index < -0.39 is 10.8 Å². The molecule has 0 saturated carbocycles. The van der Waals surface area contributed by atoms with Gasteiger partial charge in [0, 0.05) is 0 Å². The summed E-state index contributed by atoms with van der Waals surface area (Å²) in [7, 11) is 0. The van der Waals surface area contributed by atoms with E-state index in [2.05, 4.69) is 0 Å². The van der Waals surface area contributed by atoms with Crippen molar-refractivity contribution < 1.29 is 9.72 Å². The lowest BCUT2D eigenvalue weighted by atomic mass is 10.2. The van der Waals surface area contributed by atoms with Gasteiger partial charge >= 0.3 is 5.91 Å². The van der Waals surface area contributed by atoms with Crippen molar-refractivity contribution in [3.63, 3.8) is 0 Å². The van der Waals surface area contributed by atoms with E-state index in [9.17, 15) is 14.9 Å². The van der Waals surface area contributed by atoms with E-state index >= 15 is 0 Å². The zero-order valence-corrected chi connectivity index (χ0v) is 5.56. The fourth-order valence-electron chi connectivity index (χ4n) is 0.686. The average Bonchev–Trinajstić information content (AvgIpc) is 2.05. The first-order chi connectivity index (χ1) is 5.22. The average molecular weight is 151 g/mol. The predicted octanol–water partition coefficient (Wildman–Crippen LogP) is 1.10. The Labute approximate surface area is 62.6 Å². The maximum Gasteiger partial charge on any atom is 0.476 e. The molecule has 0 aromatic heterocycles. The minimum atomic E-state index is -1.06. The Balaban J connectivity index is 2.95. The maximum atomic E-state index is 10.6. The second kappa shape index (κ2) is 2.92. The SMILES string of the molecule is O=C(c1ccccc1)[N+](=O)[O-]. The van der Waals surface area contributed by atoms with Crippen molar-refractivity contribution in [2.75, 3.05) is 0 Å². The first-order valence-electron chi connectivity index (χ1n) is 2.95. The molecule has 0 fully saturated rings. The van der Waals surface area contributed by atoms with Crippen LogP contribution in [0.4, 0.5) is 0 Å². The Bertz CT molecular complexity index is 281. The van der Waals surface area contributed by atoms with Crippen LogP contribution < -0.4 is 0 Å². The molecule has 0 spiro atoms. The third-order valence-electron chi connectivity index (χ3n) is 1.19. The molecule has 1 aromatic carbocycles. The molecule has 4 nitrogen and oxygen atoms in total. The lowest BCUT2D eigenvalue weighted by molar-refractivity contribution is -0.375. The molecule has 1 amide bonds. The number of nitrogens with zero attached hydrogens (tertiary/aromatic N) is 1. The van der Waals surface area contributed by atoms with Crippen LogP contribution in [0.25, 0.3) is 0 Å². The van der Waals surface area contributed by atoms with Gasteiger partial charge in [-0.2, -0.15) is 0 Å². The maximum absolute atomic E-state index is 10.6. The highest BCUT2D eigenvalue weighted by atomic mass is 16.6. The van der Waals surface area contributed by atoms with Gasteiger partial charge in [0.25, 0.3) is 0 Å². The van der Waals surface area contributed by atoms with E-state index in [-0.39, 0.29) is 5.56 Å². The Morgan fingerprint density at radius 2 is 1.82 bits per heavy atom. The first-order valence-corrected chi connectivity index (χ1v) is 2.95. The van der Waals surface area contributed by atoms with Crippen molar-refractivity contribution in [2.24, 2.45) is 0 Å². The fraction of sp³-hybridized carbons (Fsp3) is 0. The van der Waals surface area contributed by atoms with Gasteiger partial charge in [0.2, 0.25) is 0 Å². The van der Waals surface area contributed by atoms with Gasteiger partial charge in [-0.1, -0.05) is 18.2 Å². The van der Waals surface area contributed by atoms with Crippen molar-refractivity contribution in [3.05, 3.63) is 46.0 Å². The quantitative estimate of drug-likeness (QED) is 0.446. The van der Waals surface area contributed by atoms with E-state index in [1.54, 1.807) is 18.2 Å². The minimum Gasteiger partial charge on any atom is -0.255 e. The normalized spacial score (nSPS) is 9.09. The van der Waals surface area contributed by atoms with Gasteiger partial charge in [0.1, 0.15) is 4.92 Å². The molecule has 0 aliphatic heterocycles. The molecule has 0 aliphatic rings. The molecule has 1 aromatic rings. The molecule has 11 heavy (non-hydrogen) atoms. The van der Waals surface area contributed by atoms with E-state index in [0.29, 0.717) is 0 Å². The summed E-state index contributed by atoms with van der Waals surface area (Å²) in [6.45, 7) is 0. The number of hydrogen-bond donors (Lipinski definition) is 0. The molecule has 0 bridgehead atoms. The summed E-state index contributed by atoms with van der Waals surface area (Å²) in [4.78, 5) is 19.7. The monoisotopic (exact) mass is 151 g/mol. The van der Waals surface area contributed by atoms with Gasteiger partial charge in [-0.05, 0) is 12.1 Å². The predicted molar refractivity (Wildman–Crippen MR) is 37.8 cm³/mol. The van der Waals surface area contributed by atoms with Crippen LogP contribution in [-0.2, 0) is 0 Å². The zero-order chi connectivity index (χ0) is 8.27. The number of carbonyl (C=O) groups excluding carboxylic acids is 1. The number of rotatable bonds is 1.